The summed E-state index contributed by atoms with van der Waals surface area (Å²) in [5, 5.41) is 1.07. The van der Waals surface area contributed by atoms with Gasteiger partial charge in [0.15, 0.2) is 0 Å². The minimum Gasteiger partial charge on any atom is -0.342 e. The lowest BCUT2D eigenvalue weighted by atomic mass is 10.0. The van der Waals surface area contributed by atoms with Crippen LogP contribution in [0.1, 0.15) is 11.3 Å². The number of pyridine rings is 1. The maximum atomic E-state index is 13.3. The third-order valence-electron chi connectivity index (χ3n) is 4.14. The molecule has 0 aliphatic rings. The number of nitrogens with one attached hydrogen (secondary N) is 1. The highest BCUT2D eigenvalue weighted by Gasteiger charge is 2.14. The van der Waals surface area contributed by atoms with Gasteiger partial charge in [0.05, 0.1) is 0 Å². The zero-order valence-electron chi connectivity index (χ0n) is 13.6. The Morgan fingerprint density at radius 1 is 0.880 bits per heavy atom. The van der Waals surface area contributed by atoms with Crippen molar-refractivity contribution in [2.24, 2.45) is 0 Å². The van der Waals surface area contributed by atoms with E-state index in [-0.39, 0.29) is 5.82 Å². The first-order chi connectivity index (χ1) is 12.3. The van der Waals surface area contributed by atoms with E-state index in [1.54, 1.807) is 6.20 Å². The Bertz CT molecular complexity index is 978. The van der Waals surface area contributed by atoms with Crippen molar-refractivity contribution < 1.29 is 4.39 Å². The summed E-state index contributed by atoms with van der Waals surface area (Å²) >= 11 is 1.85. The number of halogens is 1. The number of hydrogen-bond acceptors (Lipinski definition) is 2. The monoisotopic (exact) mass is 348 g/mol. The van der Waals surface area contributed by atoms with E-state index in [0.29, 0.717) is 0 Å². The first-order valence-electron chi connectivity index (χ1n) is 8.14. The van der Waals surface area contributed by atoms with Gasteiger partial charge in [0.1, 0.15) is 11.5 Å². The second kappa shape index (κ2) is 7.11. The van der Waals surface area contributed by atoms with E-state index in [4.69, 9.17) is 0 Å². The number of aromatic amines is 1. The van der Waals surface area contributed by atoms with Crippen molar-refractivity contribution >= 4 is 22.8 Å². The molecule has 0 radical (unpaired) electrons. The van der Waals surface area contributed by atoms with Gasteiger partial charge in [0.25, 0.3) is 0 Å². The van der Waals surface area contributed by atoms with Crippen LogP contribution in [0.25, 0.3) is 22.2 Å². The third-order valence-corrected chi connectivity index (χ3v) is 5.17. The molecule has 2 nitrogen and oxygen atoms in total. The highest BCUT2D eigenvalue weighted by atomic mass is 32.2. The molecule has 0 saturated heterocycles. The van der Waals surface area contributed by atoms with Gasteiger partial charge in [-0.2, -0.15) is 11.8 Å². The Balaban J connectivity index is 1.65. The summed E-state index contributed by atoms with van der Waals surface area (Å²) < 4.78 is 13.3. The zero-order valence-corrected chi connectivity index (χ0v) is 14.4. The van der Waals surface area contributed by atoms with Crippen molar-refractivity contribution in [3.8, 4) is 11.1 Å². The number of nitrogens with zero attached hydrogens (tertiary/aromatic N) is 1. The van der Waals surface area contributed by atoms with Crippen LogP contribution in [0.5, 0.6) is 0 Å². The SMILES string of the molecule is Fc1ccc(-c2c(CSCc3ccccc3)[nH]c3ncccc23)cc1. The van der Waals surface area contributed by atoms with Crippen molar-refractivity contribution in [2.45, 2.75) is 11.5 Å². The van der Waals surface area contributed by atoms with Crippen molar-refractivity contribution in [2.75, 3.05) is 0 Å². The van der Waals surface area contributed by atoms with Crippen LogP contribution in [0.15, 0.2) is 72.9 Å². The third kappa shape index (κ3) is 3.44. The second-order valence-corrected chi connectivity index (χ2v) is 6.85. The zero-order chi connectivity index (χ0) is 17.1. The summed E-state index contributed by atoms with van der Waals surface area (Å²) in [5.74, 6) is 1.58. The van der Waals surface area contributed by atoms with Crippen molar-refractivity contribution in [1.29, 1.82) is 0 Å². The molecule has 124 valence electrons. The van der Waals surface area contributed by atoms with Crippen LogP contribution in [0, 0.1) is 5.82 Å². The van der Waals surface area contributed by atoms with Crippen LogP contribution in [0.2, 0.25) is 0 Å². The van der Waals surface area contributed by atoms with Crippen LogP contribution < -0.4 is 0 Å². The first kappa shape index (κ1) is 15.9. The van der Waals surface area contributed by atoms with Crippen molar-refractivity contribution in [1.82, 2.24) is 9.97 Å². The van der Waals surface area contributed by atoms with E-state index < -0.39 is 0 Å². The van der Waals surface area contributed by atoms with Crippen LogP contribution >= 0.6 is 11.8 Å². The highest BCUT2D eigenvalue weighted by Crippen LogP contribution is 2.34. The predicted molar refractivity (Wildman–Crippen MR) is 103 cm³/mol. The van der Waals surface area contributed by atoms with Gasteiger partial charge in [0, 0.05) is 34.3 Å². The number of thioether (sulfide) groups is 1. The molecule has 0 fully saturated rings. The summed E-state index contributed by atoms with van der Waals surface area (Å²) in [6, 6.07) is 21.1. The minimum absolute atomic E-state index is 0.221. The van der Waals surface area contributed by atoms with Crippen LogP contribution in [-0.2, 0) is 11.5 Å². The molecule has 0 bridgehead atoms. The molecule has 0 atom stereocenters. The molecule has 0 saturated carbocycles. The van der Waals surface area contributed by atoms with Gasteiger partial charge in [-0.25, -0.2) is 9.37 Å². The average molecular weight is 348 g/mol. The normalized spacial score (nSPS) is 11.1. The fourth-order valence-electron chi connectivity index (χ4n) is 2.97. The summed E-state index contributed by atoms with van der Waals surface area (Å²) in [6.07, 6.45) is 1.79. The Morgan fingerprint density at radius 3 is 2.48 bits per heavy atom. The highest BCUT2D eigenvalue weighted by molar-refractivity contribution is 7.97. The first-order valence-corrected chi connectivity index (χ1v) is 9.30. The molecule has 25 heavy (non-hydrogen) atoms. The Labute approximate surface area is 150 Å². The van der Waals surface area contributed by atoms with Gasteiger partial charge in [0.2, 0.25) is 0 Å². The fourth-order valence-corrected chi connectivity index (χ4v) is 3.93. The minimum atomic E-state index is -0.221. The van der Waals surface area contributed by atoms with Gasteiger partial charge >= 0.3 is 0 Å². The Kier molecular flexibility index (Phi) is 4.53. The Hall–Kier alpha value is -2.59. The number of benzene rings is 2. The Morgan fingerprint density at radius 2 is 1.68 bits per heavy atom. The molecule has 2 heterocycles. The molecular formula is C21H17FN2S. The molecule has 0 aliphatic carbocycles. The van der Waals surface area contributed by atoms with Crippen LogP contribution in [0.3, 0.4) is 0 Å². The maximum Gasteiger partial charge on any atom is 0.138 e. The predicted octanol–water partition coefficient (Wildman–Crippen LogP) is 5.80. The smallest absolute Gasteiger partial charge is 0.138 e. The number of hydrogen-bond donors (Lipinski definition) is 1. The molecule has 2 aromatic carbocycles. The molecule has 0 aliphatic heterocycles. The summed E-state index contributed by atoms with van der Waals surface area (Å²) in [5.41, 5.74) is 5.43. The van der Waals surface area contributed by atoms with E-state index in [1.165, 1.54) is 17.7 Å². The topological polar surface area (TPSA) is 28.7 Å². The molecular weight excluding hydrogens is 331 g/mol. The van der Waals surface area contributed by atoms with Crippen LogP contribution in [0.4, 0.5) is 4.39 Å². The van der Waals surface area contributed by atoms with Crippen molar-refractivity contribution in [3.63, 3.8) is 0 Å². The molecule has 4 heteroatoms. The van der Waals surface area contributed by atoms with Crippen molar-refractivity contribution in [3.05, 3.63) is 90.0 Å². The van der Waals surface area contributed by atoms with Gasteiger partial charge in [-0.1, -0.05) is 42.5 Å². The molecule has 2 aromatic heterocycles. The molecule has 0 spiro atoms. The fraction of sp³-hybridized carbons (Fsp3) is 0.0952. The molecule has 4 rings (SSSR count). The second-order valence-electron chi connectivity index (χ2n) is 5.86. The van der Waals surface area contributed by atoms with E-state index in [2.05, 4.69) is 40.3 Å². The lowest BCUT2D eigenvalue weighted by Crippen LogP contribution is -1.88. The standard InChI is InChI=1S/C21H17FN2S/c22-17-10-8-16(9-11-17)20-18-7-4-12-23-21(18)24-19(20)14-25-13-15-5-2-1-3-6-15/h1-12H,13-14H2,(H,23,24). The molecule has 0 amide bonds. The quantitative estimate of drug-likeness (QED) is 0.493. The van der Waals surface area contributed by atoms with Gasteiger partial charge in [-0.15, -0.1) is 0 Å². The van der Waals surface area contributed by atoms with Gasteiger partial charge in [-0.05, 0) is 35.4 Å². The average Bonchev–Trinajstić information content (AvgIpc) is 3.02. The molecule has 1 N–H and O–H groups in total. The number of fused-ring (bicyclic) bond motifs is 1. The summed E-state index contributed by atoms with van der Waals surface area (Å²) in [7, 11) is 0. The molecule has 4 aromatic rings. The lowest BCUT2D eigenvalue weighted by molar-refractivity contribution is 0.628. The van der Waals surface area contributed by atoms with E-state index in [9.17, 15) is 4.39 Å². The summed E-state index contributed by atoms with van der Waals surface area (Å²) in [4.78, 5) is 7.87. The number of rotatable bonds is 5. The largest absolute Gasteiger partial charge is 0.342 e. The van der Waals surface area contributed by atoms with E-state index in [0.717, 1.165) is 39.4 Å². The van der Waals surface area contributed by atoms with E-state index in [1.807, 2.05) is 36.0 Å². The number of H-pyrrole nitrogens is 1. The lowest BCUT2D eigenvalue weighted by Gasteiger charge is -2.06. The number of aromatic nitrogens is 2. The summed E-state index contributed by atoms with van der Waals surface area (Å²) in [6.45, 7) is 0. The van der Waals surface area contributed by atoms with Gasteiger partial charge < -0.3 is 4.98 Å². The van der Waals surface area contributed by atoms with Gasteiger partial charge in [-0.3, -0.25) is 0 Å². The maximum absolute atomic E-state index is 13.3. The van der Waals surface area contributed by atoms with E-state index >= 15 is 0 Å². The molecule has 0 unspecified atom stereocenters. The van der Waals surface area contributed by atoms with Crippen LogP contribution in [-0.4, -0.2) is 9.97 Å².